The standard InChI is InChI=1S/C22H21N3O3S/c1-3-8-15(2)24-19(21-13-16-9-4-7-12-20(16)28-21)14-29-22(24)23-17-10-5-6-11-18(17)25(26)27/h4-7,9-15H,3,8H2,1-2H3. The Morgan fingerprint density at radius 1 is 1.21 bits per heavy atom. The third-order valence-corrected chi connectivity index (χ3v) is 5.70. The quantitative estimate of drug-likeness (QED) is 0.272. The van der Waals surface area contributed by atoms with Gasteiger partial charge in [0.1, 0.15) is 11.3 Å². The Morgan fingerprint density at radius 3 is 2.72 bits per heavy atom. The first-order chi connectivity index (χ1) is 14.1. The maximum Gasteiger partial charge on any atom is 0.294 e. The lowest BCUT2D eigenvalue weighted by molar-refractivity contribution is -0.384. The molecule has 0 amide bonds. The minimum atomic E-state index is -0.396. The zero-order valence-corrected chi connectivity index (χ0v) is 17.1. The first-order valence-corrected chi connectivity index (χ1v) is 10.4. The van der Waals surface area contributed by atoms with Crippen LogP contribution in [0.4, 0.5) is 11.4 Å². The van der Waals surface area contributed by atoms with Gasteiger partial charge in [0.15, 0.2) is 10.6 Å². The maximum absolute atomic E-state index is 11.4. The second kappa shape index (κ2) is 8.05. The largest absolute Gasteiger partial charge is 0.454 e. The minimum Gasteiger partial charge on any atom is -0.454 e. The Bertz CT molecular complexity index is 1200. The first-order valence-electron chi connectivity index (χ1n) is 9.55. The first kappa shape index (κ1) is 19.1. The summed E-state index contributed by atoms with van der Waals surface area (Å²) in [6.07, 6.45) is 1.99. The summed E-state index contributed by atoms with van der Waals surface area (Å²) in [4.78, 5) is 16.4. The molecule has 2 heterocycles. The Labute approximate surface area is 171 Å². The highest BCUT2D eigenvalue weighted by atomic mass is 32.1. The van der Waals surface area contributed by atoms with Crippen LogP contribution in [-0.2, 0) is 0 Å². The Kier molecular flexibility index (Phi) is 5.31. The van der Waals surface area contributed by atoms with Gasteiger partial charge < -0.3 is 8.98 Å². The molecule has 6 nitrogen and oxygen atoms in total. The number of furan rings is 1. The summed E-state index contributed by atoms with van der Waals surface area (Å²) in [5.41, 5.74) is 2.12. The van der Waals surface area contributed by atoms with Crippen LogP contribution < -0.4 is 4.80 Å². The van der Waals surface area contributed by atoms with Crippen molar-refractivity contribution in [2.45, 2.75) is 32.7 Å². The van der Waals surface area contributed by atoms with Gasteiger partial charge in [-0.05, 0) is 31.5 Å². The predicted molar refractivity (Wildman–Crippen MR) is 115 cm³/mol. The number of benzene rings is 2. The zero-order chi connectivity index (χ0) is 20.4. The molecule has 2 aromatic carbocycles. The van der Waals surface area contributed by atoms with Crippen LogP contribution in [0, 0.1) is 10.1 Å². The van der Waals surface area contributed by atoms with Crippen molar-refractivity contribution in [3.8, 4) is 11.5 Å². The van der Waals surface area contributed by atoms with Crippen molar-refractivity contribution in [3.63, 3.8) is 0 Å². The summed E-state index contributed by atoms with van der Waals surface area (Å²) in [5, 5.41) is 14.4. The smallest absolute Gasteiger partial charge is 0.294 e. The van der Waals surface area contributed by atoms with E-state index < -0.39 is 4.92 Å². The van der Waals surface area contributed by atoms with Crippen LogP contribution in [0.15, 0.2) is 69.4 Å². The molecule has 2 aromatic heterocycles. The van der Waals surface area contributed by atoms with Gasteiger partial charge in [-0.1, -0.05) is 43.7 Å². The van der Waals surface area contributed by atoms with Gasteiger partial charge >= 0.3 is 0 Å². The molecule has 0 fully saturated rings. The molecular formula is C22H21N3O3S. The van der Waals surface area contributed by atoms with Gasteiger partial charge in [0, 0.05) is 22.9 Å². The van der Waals surface area contributed by atoms with Crippen molar-refractivity contribution in [2.75, 3.05) is 0 Å². The van der Waals surface area contributed by atoms with Crippen LogP contribution in [-0.4, -0.2) is 9.49 Å². The van der Waals surface area contributed by atoms with Crippen LogP contribution in [0.3, 0.4) is 0 Å². The lowest BCUT2D eigenvalue weighted by Crippen LogP contribution is -2.19. The van der Waals surface area contributed by atoms with E-state index in [9.17, 15) is 10.1 Å². The highest BCUT2D eigenvalue weighted by Crippen LogP contribution is 2.31. The number of hydrogen-bond acceptors (Lipinski definition) is 5. The second-order valence-corrected chi connectivity index (χ2v) is 7.75. The van der Waals surface area contributed by atoms with Crippen LogP contribution in [0.2, 0.25) is 0 Å². The Balaban J connectivity index is 1.91. The Morgan fingerprint density at radius 2 is 1.97 bits per heavy atom. The summed E-state index contributed by atoms with van der Waals surface area (Å²) < 4.78 is 8.21. The molecule has 4 aromatic rings. The number of nitro benzene ring substituents is 1. The fraction of sp³-hybridized carbons (Fsp3) is 0.227. The predicted octanol–water partition coefficient (Wildman–Crippen LogP) is 6.46. The number of para-hydroxylation sites is 3. The lowest BCUT2D eigenvalue weighted by atomic mass is 10.2. The van der Waals surface area contributed by atoms with E-state index in [0.29, 0.717) is 5.69 Å². The third kappa shape index (κ3) is 3.73. The van der Waals surface area contributed by atoms with Crippen molar-refractivity contribution in [1.82, 2.24) is 4.57 Å². The fourth-order valence-electron chi connectivity index (χ4n) is 3.48. The van der Waals surface area contributed by atoms with Gasteiger partial charge in [0.2, 0.25) is 0 Å². The van der Waals surface area contributed by atoms with Gasteiger partial charge in [-0.15, -0.1) is 11.3 Å². The van der Waals surface area contributed by atoms with Gasteiger partial charge in [-0.2, -0.15) is 0 Å². The number of nitro groups is 1. The average Bonchev–Trinajstić information content (AvgIpc) is 3.32. The van der Waals surface area contributed by atoms with Crippen molar-refractivity contribution < 1.29 is 9.34 Å². The molecule has 0 aliphatic carbocycles. The maximum atomic E-state index is 11.4. The summed E-state index contributed by atoms with van der Waals surface area (Å²) >= 11 is 1.46. The van der Waals surface area contributed by atoms with Crippen LogP contribution >= 0.6 is 11.3 Å². The van der Waals surface area contributed by atoms with Crippen LogP contribution in [0.1, 0.15) is 32.7 Å². The zero-order valence-electron chi connectivity index (χ0n) is 16.2. The molecule has 1 atom stereocenters. The van der Waals surface area contributed by atoms with E-state index in [1.165, 1.54) is 17.4 Å². The summed E-state index contributed by atoms with van der Waals surface area (Å²) in [6.45, 7) is 4.28. The van der Waals surface area contributed by atoms with Crippen LogP contribution in [0.5, 0.6) is 0 Å². The molecule has 148 valence electrons. The monoisotopic (exact) mass is 407 g/mol. The summed E-state index contributed by atoms with van der Waals surface area (Å²) in [5.74, 6) is 0.773. The van der Waals surface area contributed by atoms with Crippen LogP contribution in [0.25, 0.3) is 22.4 Å². The van der Waals surface area contributed by atoms with Crippen molar-refractivity contribution >= 4 is 33.7 Å². The molecule has 0 bridgehead atoms. The van der Waals surface area contributed by atoms with Crippen molar-refractivity contribution in [1.29, 1.82) is 0 Å². The van der Waals surface area contributed by atoms with E-state index in [0.717, 1.165) is 40.1 Å². The topological polar surface area (TPSA) is 73.6 Å². The third-order valence-electron chi connectivity index (χ3n) is 4.86. The Hall–Kier alpha value is -3.19. The molecular weight excluding hydrogens is 386 g/mol. The molecule has 4 rings (SSSR count). The molecule has 0 spiro atoms. The van der Waals surface area contributed by atoms with E-state index in [1.54, 1.807) is 18.2 Å². The average molecular weight is 407 g/mol. The van der Waals surface area contributed by atoms with Crippen molar-refractivity contribution in [2.24, 2.45) is 4.99 Å². The van der Waals surface area contributed by atoms with Gasteiger partial charge in [0.25, 0.3) is 5.69 Å². The van der Waals surface area contributed by atoms with Gasteiger partial charge in [-0.25, -0.2) is 4.99 Å². The molecule has 0 saturated heterocycles. The molecule has 29 heavy (non-hydrogen) atoms. The van der Waals surface area contributed by atoms with E-state index in [-0.39, 0.29) is 11.7 Å². The minimum absolute atomic E-state index is 0.000816. The number of thiazole rings is 1. The highest BCUT2D eigenvalue weighted by molar-refractivity contribution is 7.07. The number of aromatic nitrogens is 1. The lowest BCUT2D eigenvalue weighted by Gasteiger charge is -2.15. The molecule has 0 aliphatic rings. The number of hydrogen-bond donors (Lipinski definition) is 0. The molecule has 7 heteroatoms. The normalized spacial score (nSPS) is 13.1. The summed E-state index contributed by atoms with van der Waals surface area (Å²) in [7, 11) is 0. The van der Waals surface area contributed by atoms with E-state index in [4.69, 9.17) is 4.42 Å². The molecule has 0 saturated carbocycles. The highest BCUT2D eigenvalue weighted by Gasteiger charge is 2.18. The van der Waals surface area contributed by atoms with E-state index in [1.807, 2.05) is 35.7 Å². The molecule has 0 N–H and O–H groups in total. The number of rotatable bonds is 6. The van der Waals surface area contributed by atoms with Gasteiger partial charge in [-0.3, -0.25) is 10.1 Å². The van der Waals surface area contributed by atoms with E-state index in [2.05, 4.69) is 23.4 Å². The second-order valence-electron chi connectivity index (χ2n) is 6.92. The van der Waals surface area contributed by atoms with Crippen molar-refractivity contribution in [3.05, 3.63) is 74.9 Å². The summed E-state index contributed by atoms with van der Waals surface area (Å²) in [6, 6.07) is 16.7. The van der Waals surface area contributed by atoms with Gasteiger partial charge in [0.05, 0.1) is 10.6 Å². The molecule has 0 aliphatic heterocycles. The number of fused-ring (bicyclic) bond motifs is 1. The molecule has 0 radical (unpaired) electrons. The fourth-order valence-corrected chi connectivity index (χ4v) is 4.47. The molecule has 1 unspecified atom stereocenters. The number of nitrogens with zero attached hydrogens (tertiary/aromatic N) is 3. The van der Waals surface area contributed by atoms with E-state index >= 15 is 0 Å². The SMILES string of the molecule is CCCC(C)n1c(-c2cc3ccccc3o2)csc1=Nc1ccccc1[N+](=O)[O-].